The molecule has 2 aliphatic rings. The average molecular weight is 282 g/mol. The van der Waals surface area contributed by atoms with Gasteiger partial charge in [0.2, 0.25) is 0 Å². The maximum Gasteiger partial charge on any atom is 0.343 e. The highest BCUT2D eigenvalue weighted by Gasteiger charge is 2.23. The van der Waals surface area contributed by atoms with Crippen LogP contribution < -0.4 is 5.63 Å². The number of ether oxygens (including phenoxy) is 1. The summed E-state index contributed by atoms with van der Waals surface area (Å²) in [5, 5.41) is 1.01. The lowest BCUT2D eigenvalue weighted by Crippen LogP contribution is -2.11. The van der Waals surface area contributed by atoms with Crippen LogP contribution in [0.3, 0.4) is 0 Å². The Kier molecular flexibility index (Phi) is 3.22. The van der Waals surface area contributed by atoms with E-state index in [1.807, 2.05) is 30.3 Å². The minimum absolute atomic E-state index is 0.269. The number of fused-ring (bicyclic) bond motifs is 3. The van der Waals surface area contributed by atoms with E-state index in [1.54, 1.807) is 19.9 Å². The summed E-state index contributed by atoms with van der Waals surface area (Å²) in [5.74, 6) is -0.187. The van der Waals surface area contributed by atoms with E-state index in [0.717, 1.165) is 11.1 Å². The van der Waals surface area contributed by atoms with Crippen molar-refractivity contribution in [1.82, 2.24) is 0 Å². The Morgan fingerprint density at radius 1 is 1.24 bits per heavy atom. The summed E-state index contributed by atoms with van der Waals surface area (Å²) < 4.78 is 10.3. The molecular weight excluding hydrogens is 268 g/mol. The maximum absolute atomic E-state index is 12.2. The average Bonchev–Trinajstić information content (AvgIpc) is 2.65. The number of rotatable bonds is 2. The molecule has 1 aromatic rings. The van der Waals surface area contributed by atoms with E-state index in [2.05, 4.69) is 0 Å². The third-order valence-corrected chi connectivity index (χ3v) is 3.46. The molecule has 0 aliphatic heterocycles. The van der Waals surface area contributed by atoms with Crippen LogP contribution in [0.25, 0.3) is 21.9 Å². The molecule has 0 radical (unpaired) electrons. The Balaban J connectivity index is 2.46. The topological polar surface area (TPSA) is 56.5 Å². The summed E-state index contributed by atoms with van der Waals surface area (Å²) in [6.07, 6.45) is 0. The third-order valence-electron chi connectivity index (χ3n) is 3.46. The van der Waals surface area contributed by atoms with Crippen molar-refractivity contribution in [2.45, 2.75) is 13.8 Å². The van der Waals surface area contributed by atoms with Gasteiger partial charge in [0.25, 0.3) is 0 Å². The van der Waals surface area contributed by atoms with Crippen LogP contribution in [0.15, 0.2) is 45.6 Å². The second-order valence-electron chi connectivity index (χ2n) is 4.75. The van der Waals surface area contributed by atoms with Crippen molar-refractivity contribution in [3.8, 4) is 11.1 Å². The number of aryl methyl sites for hydroxylation is 1. The summed E-state index contributed by atoms with van der Waals surface area (Å²) >= 11 is 0. The summed E-state index contributed by atoms with van der Waals surface area (Å²) in [6.45, 7) is 3.62. The molecule has 21 heavy (non-hydrogen) atoms. The lowest BCUT2D eigenvalue weighted by molar-refractivity contribution is 0.0524. The molecule has 0 saturated heterocycles. The first-order chi connectivity index (χ1) is 10.1. The van der Waals surface area contributed by atoms with Crippen molar-refractivity contribution in [2.24, 2.45) is 0 Å². The normalized spacial score (nSPS) is 11.0. The van der Waals surface area contributed by atoms with Crippen LogP contribution in [0.5, 0.6) is 0 Å². The first kappa shape index (κ1) is 13.4. The Morgan fingerprint density at radius 3 is 2.76 bits per heavy atom. The molecule has 1 aromatic heterocycles. The van der Waals surface area contributed by atoms with Crippen LogP contribution in [0.1, 0.15) is 23.0 Å². The largest absolute Gasteiger partial charge is 0.462 e. The maximum atomic E-state index is 12.2. The summed E-state index contributed by atoms with van der Waals surface area (Å²) in [7, 11) is 0. The Bertz CT molecular complexity index is 860. The zero-order valence-electron chi connectivity index (χ0n) is 11.8. The predicted molar refractivity (Wildman–Crippen MR) is 79.8 cm³/mol. The molecular formula is C17H14O4. The van der Waals surface area contributed by atoms with Gasteiger partial charge in [-0.15, -0.1) is 0 Å². The van der Waals surface area contributed by atoms with Crippen molar-refractivity contribution in [3.63, 3.8) is 0 Å². The molecule has 3 rings (SSSR count). The van der Waals surface area contributed by atoms with E-state index in [9.17, 15) is 9.59 Å². The fourth-order valence-corrected chi connectivity index (χ4v) is 2.59. The van der Waals surface area contributed by atoms with Gasteiger partial charge in [-0.3, -0.25) is 0 Å². The Labute approximate surface area is 121 Å². The minimum Gasteiger partial charge on any atom is -0.462 e. The highest BCUT2D eigenvalue weighted by atomic mass is 16.5. The fourth-order valence-electron chi connectivity index (χ4n) is 2.59. The van der Waals surface area contributed by atoms with E-state index in [1.165, 1.54) is 0 Å². The second kappa shape index (κ2) is 5.05. The summed E-state index contributed by atoms with van der Waals surface area (Å²) in [6, 6.07) is 11.2. The van der Waals surface area contributed by atoms with Crippen LogP contribution in [0.2, 0.25) is 0 Å². The monoisotopic (exact) mass is 282 g/mol. The van der Waals surface area contributed by atoms with Gasteiger partial charge in [0.1, 0.15) is 11.3 Å². The van der Waals surface area contributed by atoms with E-state index >= 15 is 0 Å². The SMILES string of the molecule is CCOC(=O)c1c(C)oc(=O)c2cc3cccccc-3c12. The van der Waals surface area contributed by atoms with Crippen molar-refractivity contribution in [2.75, 3.05) is 6.61 Å². The lowest BCUT2D eigenvalue weighted by atomic mass is 10.1. The zero-order chi connectivity index (χ0) is 15.0. The third kappa shape index (κ3) is 2.09. The number of carbonyl (C=O) groups is 1. The molecule has 2 aliphatic carbocycles. The van der Waals surface area contributed by atoms with E-state index < -0.39 is 11.6 Å². The standard InChI is InChI=1S/C17H14O4/c1-3-20-17(19)14-10(2)21-16(18)13-9-11-7-5-4-6-8-12(11)15(13)14/h4-9H,3H2,1-2H3. The molecule has 4 heteroatoms. The van der Waals surface area contributed by atoms with Crippen LogP contribution in [-0.4, -0.2) is 12.6 Å². The highest BCUT2D eigenvalue weighted by Crippen LogP contribution is 2.35. The van der Waals surface area contributed by atoms with Gasteiger partial charge in [0.15, 0.2) is 0 Å². The number of hydrogen-bond acceptors (Lipinski definition) is 4. The second-order valence-corrected chi connectivity index (χ2v) is 4.75. The van der Waals surface area contributed by atoms with Gasteiger partial charge in [0, 0.05) is 5.39 Å². The first-order valence-corrected chi connectivity index (χ1v) is 6.75. The smallest absolute Gasteiger partial charge is 0.343 e. The molecule has 106 valence electrons. The van der Waals surface area contributed by atoms with Crippen LogP contribution in [-0.2, 0) is 4.74 Å². The van der Waals surface area contributed by atoms with Gasteiger partial charge in [-0.2, -0.15) is 0 Å². The fraction of sp³-hybridized carbons (Fsp3) is 0.176. The molecule has 4 nitrogen and oxygen atoms in total. The Morgan fingerprint density at radius 2 is 2.00 bits per heavy atom. The molecule has 0 N–H and O–H groups in total. The molecule has 0 aromatic carbocycles. The molecule has 1 heterocycles. The minimum atomic E-state index is -0.470. The van der Waals surface area contributed by atoms with Gasteiger partial charge in [-0.1, -0.05) is 30.3 Å². The van der Waals surface area contributed by atoms with Crippen molar-refractivity contribution < 1.29 is 13.9 Å². The number of hydrogen-bond donors (Lipinski definition) is 0. The molecule has 0 fully saturated rings. The lowest BCUT2D eigenvalue weighted by Gasteiger charge is -2.07. The molecule has 0 unspecified atom stereocenters. The number of carbonyl (C=O) groups excluding carboxylic acids is 1. The van der Waals surface area contributed by atoms with Crippen molar-refractivity contribution >= 4 is 16.7 Å². The highest BCUT2D eigenvalue weighted by molar-refractivity contribution is 6.13. The van der Waals surface area contributed by atoms with Crippen LogP contribution >= 0.6 is 0 Å². The van der Waals surface area contributed by atoms with Gasteiger partial charge >= 0.3 is 11.6 Å². The molecule has 0 atom stereocenters. The number of esters is 1. The molecule has 0 amide bonds. The van der Waals surface area contributed by atoms with Crippen molar-refractivity contribution in [3.05, 3.63) is 58.1 Å². The molecule has 0 bridgehead atoms. The first-order valence-electron chi connectivity index (χ1n) is 6.75. The van der Waals surface area contributed by atoms with E-state index in [-0.39, 0.29) is 12.4 Å². The molecule has 0 spiro atoms. The van der Waals surface area contributed by atoms with Crippen LogP contribution in [0.4, 0.5) is 0 Å². The molecule has 0 saturated carbocycles. The van der Waals surface area contributed by atoms with E-state index in [0.29, 0.717) is 16.3 Å². The van der Waals surface area contributed by atoms with Crippen molar-refractivity contribution in [1.29, 1.82) is 0 Å². The summed E-state index contributed by atoms with van der Waals surface area (Å²) in [4.78, 5) is 24.3. The van der Waals surface area contributed by atoms with Gasteiger partial charge < -0.3 is 9.15 Å². The van der Waals surface area contributed by atoms with Gasteiger partial charge in [0.05, 0.1) is 12.0 Å². The predicted octanol–water partition coefficient (Wildman–Crippen LogP) is 3.38. The summed E-state index contributed by atoms with van der Waals surface area (Å²) in [5.41, 5.74) is 1.62. The Hall–Kier alpha value is -2.62. The van der Waals surface area contributed by atoms with Gasteiger partial charge in [-0.05, 0) is 31.0 Å². The van der Waals surface area contributed by atoms with Crippen LogP contribution in [0, 0.1) is 6.92 Å². The zero-order valence-corrected chi connectivity index (χ0v) is 11.8. The van der Waals surface area contributed by atoms with Gasteiger partial charge in [-0.25, -0.2) is 9.59 Å². The van der Waals surface area contributed by atoms with E-state index in [4.69, 9.17) is 9.15 Å². The quantitative estimate of drug-likeness (QED) is 0.676.